The molecule has 1 aromatic carbocycles. The second kappa shape index (κ2) is 9.02. The van der Waals surface area contributed by atoms with Crippen LogP contribution in [0.1, 0.15) is 24.2 Å². The first kappa shape index (κ1) is 17.0. The monoisotopic (exact) mass is 292 g/mol. The zero-order valence-corrected chi connectivity index (χ0v) is 12.9. The molecule has 0 aliphatic carbocycles. The molecule has 0 fully saturated rings. The number of carbonyl (C=O) groups is 1. The van der Waals surface area contributed by atoms with Gasteiger partial charge in [-0.15, -0.1) is 0 Å². The number of nitrogens with one attached hydrogen (secondary N) is 2. The molecule has 0 spiro atoms. The molecule has 0 unspecified atom stereocenters. The van der Waals surface area contributed by atoms with Crippen molar-refractivity contribution in [3.05, 3.63) is 36.4 Å². The van der Waals surface area contributed by atoms with Gasteiger partial charge >= 0.3 is 0 Å². The average molecular weight is 292 g/mol. The second-order valence-corrected chi connectivity index (χ2v) is 4.63. The summed E-state index contributed by atoms with van der Waals surface area (Å²) in [4.78, 5) is 12.1. The lowest BCUT2D eigenvalue weighted by Crippen LogP contribution is -2.38. The van der Waals surface area contributed by atoms with Crippen LogP contribution in [-0.2, 0) is 0 Å². The fourth-order valence-electron chi connectivity index (χ4n) is 1.85. The zero-order chi connectivity index (χ0) is 15.7. The number of amides is 1. The third-order valence-electron chi connectivity index (χ3n) is 2.90. The Bertz CT molecular complexity index is 475. The van der Waals surface area contributed by atoms with Crippen LogP contribution in [0.15, 0.2) is 30.9 Å². The lowest BCUT2D eigenvalue weighted by atomic mass is 10.2. The maximum atomic E-state index is 12.1. The lowest BCUT2D eigenvalue weighted by molar-refractivity contribution is 0.0950. The fourth-order valence-corrected chi connectivity index (χ4v) is 1.85. The quantitative estimate of drug-likeness (QED) is 0.683. The minimum atomic E-state index is -0.131. The number of ether oxygens (including phenoxy) is 2. The van der Waals surface area contributed by atoms with Gasteiger partial charge < -0.3 is 20.1 Å². The summed E-state index contributed by atoms with van der Waals surface area (Å²) in [6.45, 7) is 9.49. The SMILES string of the molecule is C=CCOc1ccc(C(=O)NC[C@@H](C)NCC)cc1OC. The summed E-state index contributed by atoms with van der Waals surface area (Å²) in [7, 11) is 1.55. The molecule has 2 N–H and O–H groups in total. The van der Waals surface area contributed by atoms with Gasteiger partial charge in [-0.1, -0.05) is 19.6 Å². The average Bonchev–Trinajstić information content (AvgIpc) is 2.50. The van der Waals surface area contributed by atoms with Crippen LogP contribution >= 0.6 is 0 Å². The number of rotatable bonds is 9. The van der Waals surface area contributed by atoms with E-state index in [9.17, 15) is 4.79 Å². The second-order valence-electron chi connectivity index (χ2n) is 4.63. The molecule has 1 atom stereocenters. The molecule has 5 heteroatoms. The molecule has 1 aromatic rings. The van der Waals surface area contributed by atoms with E-state index in [0.717, 1.165) is 6.54 Å². The first-order chi connectivity index (χ1) is 10.1. The summed E-state index contributed by atoms with van der Waals surface area (Å²) in [6.07, 6.45) is 1.65. The molecule has 5 nitrogen and oxygen atoms in total. The number of carbonyl (C=O) groups excluding carboxylic acids is 1. The molecular weight excluding hydrogens is 268 g/mol. The van der Waals surface area contributed by atoms with Gasteiger partial charge in [0.2, 0.25) is 0 Å². The van der Waals surface area contributed by atoms with Crippen molar-refractivity contribution in [3.63, 3.8) is 0 Å². The van der Waals surface area contributed by atoms with E-state index in [0.29, 0.717) is 30.2 Å². The van der Waals surface area contributed by atoms with Crippen LogP contribution in [0.2, 0.25) is 0 Å². The highest BCUT2D eigenvalue weighted by atomic mass is 16.5. The fraction of sp³-hybridized carbons (Fsp3) is 0.438. The van der Waals surface area contributed by atoms with Gasteiger partial charge in [0.15, 0.2) is 11.5 Å². The van der Waals surface area contributed by atoms with Crippen molar-refractivity contribution in [3.8, 4) is 11.5 Å². The molecule has 1 rings (SSSR count). The van der Waals surface area contributed by atoms with Crippen LogP contribution in [0.25, 0.3) is 0 Å². The normalized spacial score (nSPS) is 11.6. The van der Waals surface area contributed by atoms with Crippen molar-refractivity contribution in [1.29, 1.82) is 0 Å². The maximum Gasteiger partial charge on any atom is 0.251 e. The van der Waals surface area contributed by atoms with Crippen LogP contribution < -0.4 is 20.1 Å². The molecule has 0 heterocycles. The lowest BCUT2D eigenvalue weighted by Gasteiger charge is -2.14. The highest BCUT2D eigenvalue weighted by molar-refractivity contribution is 5.94. The highest BCUT2D eigenvalue weighted by Crippen LogP contribution is 2.28. The number of benzene rings is 1. The van der Waals surface area contributed by atoms with Gasteiger partial charge in [-0.25, -0.2) is 0 Å². The van der Waals surface area contributed by atoms with Gasteiger partial charge in [0.25, 0.3) is 5.91 Å². The summed E-state index contributed by atoms with van der Waals surface area (Å²) in [6, 6.07) is 5.35. The van der Waals surface area contributed by atoms with Crippen LogP contribution in [0.4, 0.5) is 0 Å². The van der Waals surface area contributed by atoms with Crippen LogP contribution in [0.5, 0.6) is 11.5 Å². The molecule has 0 saturated carbocycles. The molecule has 0 aliphatic rings. The summed E-state index contributed by atoms with van der Waals surface area (Å²) in [5.74, 6) is 0.993. The van der Waals surface area contributed by atoms with E-state index < -0.39 is 0 Å². The van der Waals surface area contributed by atoms with E-state index >= 15 is 0 Å². The van der Waals surface area contributed by atoms with Gasteiger partial charge in [-0.05, 0) is 31.7 Å². The number of methoxy groups -OCH3 is 1. The van der Waals surface area contributed by atoms with E-state index in [1.807, 2.05) is 13.8 Å². The van der Waals surface area contributed by atoms with E-state index in [1.165, 1.54) is 0 Å². The van der Waals surface area contributed by atoms with Crippen molar-refractivity contribution in [2.45, 2.75) is 19.9 Å². The minimum absolute atomic E-state index is 0.131. The van der Waals surface area contributed by atoms with E-state index in [2.05, 4.69) is 17.2 Å². The highest BCUT2D eigenvalue weighted by Gasteiger charge is 2.11. The molecular formula is C16H24N2O3. The Morgan fingerprint density at radius 1 is 1.43 bits per heavy atom. The maximum absolute atomic E-state index is 12.1. The molecule has 0 saturated heterocycles. The Kier molecular flexibility index (Phi) is 7.32. The van der Waals surface area contributed by atoms with E-state index in [-0.39, 0.29) is 11.9 Å². The first-order valence-corrected chi connectivity index (χ1v) is 7.05. The number of likely N-dealkylation sites (N-methyl/N-ethyl adjacent to an activating group) is 1. The topological polar surface area (TPSA) is 59.6 Å². The van der Waals surface area contributed by atoms with Crippen molar-refractivity contribution >= 4 is 5.91 Å². The zero-order valence-electron chi connectivity index (χ0n) is 12.9. The Hall–Kier alpha value is -2.01. The molecule has 116 valence electrons. The molecule has 1 amide bonds. The Morgan fingerprint density at radius 3 is 2.81 bits per heavy atom. The van der Waals surface area contributed by atoms with Crippen molar-refractivity contribution in [2.75, 3.05) is 26.8 Å². The van der Waals surface area contributed by atoms with E-state index in [1.54, 1.807) is 31.4 Å². The summed E-state index contributed by atoms with van der Waals surface area (Å²) in [5.41, 5.74) is 0.543. The Labute approximate surface area is 126 Å². The van der Waals surface area contributed by atoms with Crippen LogP contribution in [0.3, 0.4) is 0 Å². The predicted octanol–water partition coefficient (Wildman–Crippen LogP) is 1.99. The number of hydrogen-bond acceptors (Lipinski definition) is 4. The van der Waals surface area contributed by atoms with Crippen molar-refractivity contribution < 1.29 is 14.3 Å². The van der Waals surface area contributed by atoms with Gasteiger partial charge in [-0.3, -0.25) is 4.79 Å². The van der Waals surface area contributed by atoms with E-state index in [4.69, 9.17) is 9.47 Å². The van der Waals surface area contributed by atoms with Crippen molar-refractivity contribution in [1.82, 2.24) is 10.6 Å². The van der Waals surface area contributed by atoms with Crippen LogP contribution in [0, 0.1) is 0 Å². The molecule has 21 heavy (non-hydrogen) atoms. The third-order valence-corrected chi connectivity index (χ3v) is 2.90. The molecule has 0 bridgehead atoms. The first-order valence-electron chi connectivity index (χ1n) is 7.05. The molecule has 0 aromatic heterocycles. The largest absolute Gasteiger partial charge is 0.493 e. The molecule has 0 aliphatic heterocycles. The standard InChI is InChI=1S/C16H24N2O3/c1-5-9-21-14-8-7-13(10-15(14)20-4)16(19)18-11-12(3)17-6-2/h5,7-8,10,12,17H,1,6,9,11H2,2-4H3,(H,18,19)/t12-/m1/s1. The summed E-state index contributed by atoms with van der Waals surface area (Å²) >= 11 is 0. The Balaban J connectivity index is 2.69. The van der Waals surface area contributed by atoms with Crippen molar-refractivity contribution in [2.24, 2.45) is 0 Å². The minimum Gasteiger partial charge on any atom is -0.493 e. The molecule has 0 radical (unpaired) electrons. The summed E-state index contributed by atoms with van der Waals surface area (Å²) < 4.78 is 10.7. The number of hydrogen-bond donors (Lipinski definition) is 2. The summed E-state index contributed by atoms with van der Waals surface area (Å²) in [5, 5.41) is 6.12. The Morgan fingerprint density at radius 2 is 2.19 bits per heavy atom. The predicted molar refractivity (Wildman–Crippen MR) is 84.2 cm³/mol. The smallest absolute Gasteiger partial charge is 0.251 e. The van der Waals surface area contributed by atoms with Gasteiger partial charge in [-0.2, -0.15) is 0 Å². The van der Waals surface area contributed by atoms with Gasteiger partial charge in [0, 0.05) is 18.2 Å². The third kappa shape index (κ3) is 5.47. The van der Waals surface area contributed by atoms with Crippen LogP contribution in [-0.4, -0.2) is 38.8 Å². The van der Waals surface area contributed by atoms with Gasteiger partial charge in [0.05, 0.1) is 7.11 Å². The van der Waals surface area contributed by atoms with Gasteiger partial charge in [0.1, 0.15) is 6.61 Å².